The third kappa shape index (κ3) is 4.93. The molecule has 1 fully saturated rings. The van der Waals surface area contributed by atoms with Gasteiger partial charge in [0.15, 0.2) is 5.78 Å². The number of nitrogens with zero attached hydrogens (tertiary/aromatic N) is 2. The number of nitro benzene ring substituents is 1. The first-order valence-corrected chi connectivity index (χ1v) is 7.97. The van der Waals surface area contributed by atoms with Crippen LogP contribution < -0.4 is 10.2 Å². The number of anilines is 1. The number of rotatable bonds is 5. The molecule has 1 aromatic rings. The Hall–Kier alpha value is -2.65. The van der Waals surface area contributed by atoms with E-state index < -0.39 is 29.5 Å². The number of piperidine rings is 1. The lowest BCUT2D eigenvalue weighted by atomic mass is 9.96. The van der Waals surface area contributed by atoms with Gasteiger partial charge in [-0.2, -0.15) is 13.2 Å². The first-order chi connectivity index (χ1) is 12.1. The van der Waals surface area contributed by atoms with Crippen LogP contribution in [-0.2, 0) is 4.79 Å². The monoisotopic (exact) mass is 373 g/mol. The van der Waals surface area contributed by atoms with Crippen LogP contribution in [-0.4, -0.2) is 42.4 Å². The Kier molecular flexibility index (Phi) is 5.83. The minimum Gasteiger partial charge on any atom is -0.365 e. The largest absolute Gasteiger partial charge is 0.405 e. The molecule has 1 amide bonds. The van der Waals surface area contributed by atoms with Gasteiger partial charge in [-0.1, -0.05) is 0 Å². The normalized spacial score (nSPS) is 17.7. The summed E-state index contributed by atoms with van der Waals surface area (Å²) in [6.45, 7) is 0.393. The van der Waals surface area contributed by atoms with E-state index in [4.69, 9.17) is 0 Å². The first kappa shape index (κ1) is 19.7. The zero-order valence-electron chi connectivity index (χ0n) is 14.0. The number of carbonyl (C=O) groups is 2. The maximum atomic E-state index is 12.2. The molecule has 0 bridgehead atoms. The third-order valence-corrected chi connectivity index (χ3v) is 4.17. The number of hydrogen-bond acceptors (Lipinski definition) is 5. The molecule has 7 nitrogen and oxygen atoms in total. The number of benzene rings is 1. The van der Waals surface area contributed by atoms with Crippen molar-refractivity contribution in [1.82, 2.24) is 5.32 Å². The molecule has 1 unspecified atom stereocenters. The summed E-state index contributed by atoms with van der Waals surface area (Å²) in [5.74, 6) is -1.74. The second-order valence-electron chi connectivity index (χ2n) is 6.13. The number of alkyl halides is 3. The van der Waals surface area contributed by atoms with Crippen LogP contribution in [0.5, 0.6) is 0 Å². The molecule has 0 radical (unpaired) electrons. The van der Waals surface area contributed by atoms with E-state index in [0.29, 0.717) is 19.4 Å². The van der Waals surface area contributed by atoms with E-state index in [1.165, 1.54) is 25.1 Å². The first-order valence-electron chi connectivity index (χ1n) is 7.97. The number of nitrogens with one attached hydrogen (secondary N) is 1. The zero-order valence-corrected chi connectivity index (χ0v) is 14.0. The van der Waals surface area contributed by atoms with Gasteiger partial charge < -0.3 is 10.2 Å². The zero-order chi connectivity index (χ0) is 19.5. The van der Waals surface area contributed by atoms with Crippen molar-refractivity contribution in [3.05, 3.63) is 33.9 Å². The van der Waals surface area contributed by atoms with Crippen LogP contribution in [0.25, 0.3) is 0 Å². The predicted octanol–water partition coefficient (Wildman–Crippen LogP) is 2.69. The number of ketones is 1. The van der Waals surface area contributed by atoms with E-state index in [-0.39, 0.29) is 29.3 Å². The van der Waals surface area contributed by atoms with Crippen molar-refractivity contribution in [2.45, 2.75) is 25.9 Å². The average molecular weight is 373 g/mol. The lowest BCUT2D eigenvalue weighted by Gasteiger charge is -2.33. The molecule has 0 spiro atoms. The molecule has 1 heterocycles. The van der Waals surface area contributed by atoms with Gasteiger partial charge in [-0.25, -0.2) is 0 Å². The fourth-order valence-electron chi connectivity index (χ4n) is 2.90. The molecule has 26 heavy (non-hydrogen) atoms. The highest BCUT2D eigenvalue weighted by Gasteiger charge is 2.32. The Labute approximate surface area is 147 Å². The molecule has 1 aliphatic rings. The van der Waals surface area contributed by atoms with Crippen molar-refractivity contribution >= 4 is 23.1 Å². The summed E-state index contributed by atoms with van der Waals surface area (Å²) in [5.41, 5.74) is 0.166. The fourth-order valence-corrected chi connectivity index (χ4v) is 2.90. The second-order valence-corrected chi connectivity index (χ2v) is 6.13. The van der Waals surface area contributed by atoms with Gasteiger partial charge in [-0.15, -0.1) is 0 Å². The average Bonchev–Trinajstić information content (AvgIpc) is 2.58. The molecule has 0 aliphatic carbocycles. The Morgan fingerprint density at radius 3 is 2.65 bits per heavy atom. The van der Waals surface area contributed by atoms with Crippen LogP contribution in [0.3, 0.4) is 0 Å². The lowest BCUT2D eigenvalue weighted by molar-refractivity contribution is -0.384. The molecule has 1 atom stereocenters. The standard InChI is InChI=1S/C16H18F3N3O4/c1-10(23)11-4-5-13(14(7-11)22(25)26)21-6-2-3-12(8-21)15(24)20-9-16(17,18)19/h4-5,7,12H,2-3,6,8-9H2,1H3,(H,20,24). The summed E-state index contributed by atoms with van der Waals surface area (Å²) in [5, 5.41) is 13.2. The van der Waals surface area contributed by atoms with Gasteiger partial charge in [0.1, 0.15) is 12.2 Å². The van der Waals surface area contributed by atoms with E-state index in [9.17, 15) is 32.9 Å². The fraction of sp³-hybridized carbons (Fsp3) is 0.500. The van der Waals surface area contributed by atoms with Crippen LogP contribution >= 0.6 is 0 Å². The topological polar surface area (TPSA) is 92.6 Å². The predicted molar refractivity (Wildman–Crippen MR) is 87.1 cm³/mol. The molecule has 1 N–H and O–H groups in total. The van der Waals surface area contributed by atoms with E-state index >= 15 is 0 Å². The summed E-state index contributed by atoms with van der Waals surface area (Å²) in [6, 6.07) is 4.06. The molecular weight excluding hydrogens is 355 g/mol. The van der Waals surface area contributed by atoms with Crippen LogP contribution in [0.4, 0.5) is 24.5 Å². The van der Waals surface area contributed by atoms with Gasteiger partial charge in [0.05, 0.1) is 10.8 Å². The highest BCUT2D eigenvalue weighted by molar-refractivity contribution is 5.95. The SMILES string of the molecule is CC(=O)c1ccc(N2CCCC(C(=O)NCC(F)(F)F)C2)c([N+](=O)[O-])c1. The molecular formula is C16H18F3N3O4. The van der Waals surface area contributed by atoms with Crippen molar-refractivity contribution < 1.29 is 27.7 Å². The summed E-state index contributed by atoms with van der Waals surface area (Å²) >= 11 is 0. The molecule has 1 aromatic carbocycles. The summed E-state index contributed by atoms with van der Waals surface area (Å²) < 4.78 is 36.7. The minimum atomic E-state index is -4.49. The third-order valence-electron chi connectivity index (χ3n) is 4.17. The van der Waals surface area contributed by atoms with Crippen molar-refractivity contribution in [2.24, 2.45) is 5.92 Å². The molecule has 1 saturated heterocycles. The van der Waals surface area contributed by atoms with Crippen molar-refractivity contribution in [1.29, 1.82) is 0 Å². The quantitative estimate of drug-likeness (QED) is 0.487. The molecule has 0 saturated carbocycles. The number of nitro groups is 1. The van der Waals surface area contributed by atoms with Gasteiger partial charge in [0.2, 0.25) is 5.91 Å². The highest BCUT2D eigenvalue weighted by Crippen LogP contribution is 2.32. The van der Waals surface area contributed by atoms with Crippen molar-refractivity contribution in [3.63, 3.8) is 0 Å². The van der Waals surface area contributed by atoms with Crippen LogP contribution in [0.15, 0.2) is 18.2 Å². The molecule has 0 aromatic heterocycles. The van der Waals surface area contributed by atoms with E-state index in [0.717, 1.165) is 0 Å². The molecule has 10 heteroatoms. The molecule has 2 rings (SSSR count). The smallest absolute Gasteiger partial charge is 0.365 e. The Morgan fingerprint density at radius 2 is 2.08 bits per heavy atom. The highest BCUT2D eigenvalue weighted by atomic mass is 19.4. The molecule has 1 aliphatic heterocycles. The number of Topliss-reactive ketones (excluding diaryl/α,β-unsaturated/α-hetero) is 1. The minimum absolute atomic E-state index is 0.0734. The Balaban J connectivity index is 2.17. The van der Waals surface area contributed by atoms with Crippen LogP contribution in [0.2, 0.25) is 0 Å². The van der Waals surface area contributed by atoms with Gasteiger partial charge in [-0.3, -0.25) is 19.7 Å². The maximum Gasteiger partial charge on any atom is 0.405 e. The van der Waals surface area contributed by atoms with E-state index in [2.05, 4.69) is 0 Å². The number of carbonyl (C=O) groups excluding carboxylic acids is 2. The number of halogens is 3. The summed E-state index contributed by atoms with van der Waals surface area (Å²) in [4.78, 5) is 35.7. The van der Waals surface area contributed by atoms with Crippen molar-refractivity contribution in [3.8, 4) is 0 Å². The molecule has 142 valence electrons. The second kappa shape index (κ2) is 7.71. The maximum absolute atomic E-state index is 12.2. The van der Waals surface area contributed by atoms with Crippen LogP contribution in [0, 0.1) is 16.0 Å². The lowest BCUT2D eigenvalue weighted by Crippen LogP contribution is -2.45. The number of amides is 1. The van der Waals surface area contributed by atoms with Gasteiger partial charge in [-0.05, 0) is 31.9 Å². The van der Waals surface area contributed by atoms with Gasteiger partial charge >= 0.3 is 6.18 Å². The van der Waals surface area contributed by atoms with Crippen molar-refractivity contribution in [2.75, 3.05) is 24.5 Å². The van der Waals surface area contributed by atoms with E-state index in [1.54, 1.807) is 4.90 Å². The van der Waals surface area contributed by atoms with Crippen LogP contribution in [0.1, 0.15) is 30.1 Å². The van der Waals surface area contributed by atoms with E-state index in [1.807, 2.05) is 5.32 Å². The Bertz CT molecular complexity index is 721. The van der Waals surface area contributed by atoms with Gasteiger partial charge in [0, 0.05) is 24.7 Å². The Morgan fingerprint density at radius 1 is 1.38 bits per heavy atom. The van der Waals surface area contributed by atoms with Gasteiger partial charge in [0.25, 0.3) is 5.69 Å². The number of hydrogen-bond donors (Lipinski definition) is 1. The summed E-state index contributed by atoms with van der Waals surface area (Å²) in [6.07, 6.45) is -3.58. The summed E-state index contributed by atoms with van der Waals surface area (Å²) in [7, 11) is 0.